The third kappa shape index (κ3) is 4.19. The molecule has 1 aliphatic rings. The van der Waals surface area contributed by atoms with Gasteiger partial charge in [0.1, 0.15) is 0 Å². The summed E-state index contributed by atoms with van der Waals surface area (Å²) in [5.41, 5.74) is 2.36. The predicted octanol–water partition coefficient (Wildman–Crippen LogP) is 3.84. The average molecular weight is 452 g/mol. The number of carbonyl (C=O) groups excluding carboxylic acids is 3. The summed E-state index contributed by atoms with van der Waals surface area (Å²) in [5.74, 6) is 0.362. The number of anilines is 1. The van der Waals surface area contributed by atoms with Gasteiger partial charge in [-0.3, -0.25) is 19.3 Å². The maximum atomic E-state index is 12.4. The molecule has 0 unspecified atom stereocenters. The lowest BCUT2D eigenvalue weighted by Gasteiger charge is -2.13. The van der Waals surface area contributed by atoms with Crippen LogP contribution in [0.1, 0.15) is 33.6 Å². The van der Waals surface area contributed by atoms with Crippen molar-refractivity contribution in [3.05, 3.63) is 59.0 Å². The summed E-state index contributed by atoms with van der Waals surface area (Å²) in [4.78, 5) is 42.7. The van der Waals surface area contributed by atoms with Crippen molar-refractivity contribution in [3.8, 4) is 22.8 Å². The Kier molecular flexibility index (Phi) is 6.18. The maximum Gasteiger partial charge on any atom is 0.261 e. The van der Waals surface area contributed by atoms with E-state index in [4.69, 9.17) is 9.47 Å². The summed E-state index contributed by atoms with van der Waals surface area (Å²) in [5, 5.41) is 5.09. The smallest absolute Gasteiger partial charge is 0.261 e. The maximum absolute atomic E-state index is 12.4. The van der Waals surface area contributed by atoms with Gasteiger partial charge in [0.05, 0.1) is 31.0 Å². The van der Waals surface area contributed by atoms with Gasteiger partial charge in [0.2, 0.25) is 5.91 Å². The van der Waals surface area contributed by atoms with Gasteiger partial charge in [-0.15, -0.1) is 11.3 Å². The summed E-state index contributed by atoms with van der Waals surface area (Å²) in [7, 11) is 3.14. The second kappa shape index (κ2) is 9.19. The quantitative estimate of drug-likeness (QED) is 0.523. The van der Waals surface area contributed by atoms with Crippen molar-refractivity contribution in [1.82, 2.24) is 9.88 Å². The molecule has 0 aliphatic carbocycles. The number of amides is 3. The molecule has 8 nitrogen and oxygen atoms in total. The lowest BCUT2D eigenvalue weighted by molar-refractivity contribution is -0.116. The molecule has 1 aliphatic heterocycles. The molecule has 1 N–H and O–H groups in total. The van der Waals surface area contributed by atoms with Gasteiger partial charge in [-0.25, -0.2) is 4.98 Å². The number of fused-ring (bicyclic) bond motifs is 1. The Morgan fingerprint density at radius 1 is 1.03 bits per heavy atom. The van der Waals surface area contributed by atoms with Gasteiger partial charge in [0, 0.05) is 23.9 Å². The molecule has 0 fully saturated rings. The molecule has 2 aromatic carbocycles. The van der Waals surface area contributed by atoms with Gasteiger partial charge < -0.3 is 14.8 Å². The Labute approximate surface area is 188 Å². The van der Waals surface area contributed by atoms with Gasteiger partial charge in [0.15, 0.2) is 16.6 Å². The molecule has 0 saturated heterocycles. The molecular formula is C23H21N3O5S. The van der Waals surface area contributed by atoms with Gasteiger partial charge >= 0.3 is 0 Å². The Morgan fingerprint density at radius 2 is 1.72 bits per heavy atom. The summed E-state index contributed by atoms with van der Waals surface area (Å²) >= 11 is 1.31. The van der Waals surface area contributed by atoms with Gasteiger partial charge in [-0.05, 0) is 36.8 Å². The summed E-state index contributed by atoms with van der Waals surface area (Å²) in [6, 6.07) is 12.2. The second-order valence-electron chi connectivity index (χ2n) is 7.07. The van der Waals surface area contributed by atoms with Crippen LogP contribution in [0.15, 0.2) is 47.8 Å². The highest BCUT2D eigenvalue weighted by Crippen LogP contribution is 2.33. The number of nitrogens with one attached hydrogen (secondary N) is 1. The molecule has 32 heavy (non-hydrogen) atoms. The van der Waals surface area contributed by atoms with E-state index in [0.29, 0.717) is 39.9 Å². The number of rotatable bonds is 8. The van der Waals surface area contributed by atoms with Crippen LogP contribution in [-0.4, -0.2) is 48.4 Å². The number of methoxy groups -OCH3 is 2. The Balaban J connectivity index is 1.32. The van der Waals surface area contributed by atoms with E-state index in [1.165, 1.54) is 16.2 Å². The molecule has 3 amide bonds. The van der Waals surface area contributed by atoms with Crippen LogP contribution in [0.25, 0.3) is 11.3 Å². The highest BCUT2D eigenvalue weighted by atomic mass is 32.1. The zero-order valence-electron chi connectivity index (χ0n) is 17.6. The van der Waals surface area contributed by atoms with Crippen LogP contribution in [0.2, 0.25) is 0 Å². The van der Waals surface area contributed by atoms with Crippen LogP contribution in [-0.2, 0) is 4.79 Å². The van der Waals surface area contributed by atoms with Crippen molar-refractivity contribution >= 4 is 34.2 Å². The Bertz CT molecular complexity index is 1150. The molecule has 0 radical (unpaired) electrons. The van der Waals surface area contributed by atoms with Gasteiger partial charge in [0.25, 0.3) is 11.8 Å². The first-order valence-corrected chi connectivity index (χ1v) is 10.8. The third-order valence-corrected chi connectivity index (χ3v) is 5.85. The van der Waals surface area contributed by atoms with Crippen LogP contribution in [0.5, 0.6) is 11.5 Å². The molecule has 2 heterocycles. The first-order chi connectivity index (χ1) is 15.5. The van der Waals surface area contributed by atoms with Crippen LogP contribution < -0.4 is 14.8 Å². The number of carbonyl (C=O) groups is 3. The average Bonchev–Trinajstić information content (AvgIpc) is 3.37. The molecule has 3 aromatic rings. The number of thiazole rings is 1. The number of ether oxygens (including phenoxy) is 2. The molecular weight excluding hydrogens is 430 g/mol. The fourth-order valence-corrected chi connectivity index (χ4v) is 4.22. The van der Waals surface area contributed by atoms with E-state index in [2.05, 4.69) is 10.3 Å². The van der Waals surface area contributed by atoms with Crippen molar-refractivity contribution in [2.75, 3.05) is 26.1 Å². The fourth-order valence-electron chi connectivity index (χ4n) is 3.48. The minimum absolute atomic E-state index is 0.165. The Morgan fingerprint density at radius 3 is 2.38 bits per heavy atom. The minimum Gasteiger partial charge on any atom is -0.493 e. The fraction of sp³-hybridized carbons (Fsp3) is 0.217. The first kappa shape index (κ1) is 21.5. The Hall–Kier alpha value is -3.72. The predicted molar refractivity (Wildman–Crippen MR) is 120 cm³/mol. The van der Waals surface area contributed by atoms with Gasteiger partial charge in [-0.1, -0.05) is 12.1 Å². The lowest BCUT2D eigenvalue weighted by atomic mass is 10.1. The first-order valence-electron chi connectivity index (χ1n) is 9.95. The summed E-state index contributed by atoms with van der Waals surface area (Å²) < 4.78 is 10.6. The van der Waals surface area contributed by atoms with Crippen molar-refractivity contribution < 1.29 is 23.9 Å². The van der Waals surface area contributed by atoms with Crippen molar-refractivity contribution in [2.45, 2.75) is 12.8 Å². The standard InChI is InChI=1S/C23H21N3O5S/c1-30-18-10-9-14(12-19(18)31-2)17-13-32-23(24-17)25-20(27)8-5-11-26-21(28)15-6-3-4-7-16(15)22(26)29/h3-4,6-7,9-10,12-13H,5,8,11H2,1-2H3,(H,24,25,27). The molecule has 0 saturated carbocycles. The number of aromatic nitrogens is 1. The topological polar surface area (TPSA) is 97.8 Å². The van der Waals surface area contributed by atoms with E-state index in [1.54, 1.807) is 44.6 Å². The van der Waals surface area contributed by atoms with Crippen molar-refractivity contribution in [1.29, 1.82) is 0 Å². The van der Waals surface area contributed by atoms with Crippen LogP contribution >= 0.6 is 11.3 Å². The van der Waals surface area contributed by atoms with Crippen molar-refractivity contribution in [3.63, 3.8) is 0 Å². The summed E-state index contributed by atoms with van der Waals surface area (Å²) in [6.45, 7) is 0.189. The second-order valence-corrected chi connectivity index (χ2v) is 7.93. The molecule has 0 spiro atoms. The molecule has 164 valence electrons. The number of hydrogen-bond acceptors (Lipinski definition) is 7. The van der Waals surface area contributed by atoms with E-state index in [-0.39, 0.29) is 30.7 Å². The van der Waals surface area contributed by atoms with Crippen molar-refractivity contribution in [2.24, 2.45) is 0 Å². The van der Waals surface area contributed by atoms with Gasteiger partial charge in [-0.2, -0.15) is 0 Å². The normalized spacial score (nSPS) is 12.6. The van der Waals surface area contributed by atoms with Crippen LogP contribution in [0, 0.1) is 0 Å². The minimum atomic E-state index is -0.314. The molecule has 0 atom stereocenters. The molecule has 4 rings (SSSR count). The summed E-state index contributed by atoms with van der Waals surface area (Å²) in [6.07, 6.45) is 0.532. The van der Waals surface area contributed by atoms with E-state index >= 15 is 0 Å². The van der Waals surface area contributed by atoms with Crippen LogP contribution in [0.3, 0.4) is 0 Å². The molecule has 9 heteroatoms. The van der Waals surface area contributed by atoms with E-state index in [0.717, 1.165) is 5.56 Å². The number of benzene rings is 2. The highest BCUT2D eigenvalue weighted by molar-refractivity contribution is 7.14. The molecule has 1 aromatic heterocycles. The third-order valence-electron chi connectivity index (χ3n) is 5.09. The zero-order chi connectivity index (χ0) is 22.7. The monoisotopic (exact) mass is 451 g/mol. The van der Waals surface area contributed by atoms with E-state index in [9.17, 15) is 14.4 Å². The number of imide groups is 1. The largest absolute Gasteiger partial charge is 0.493 e. The number of hydrogen-bond donors (Lipinski definition) is 1. The highest BCUT2D eigenvalue weighted by Gasteiger charge is 2.34. The van der Waals surface area contributed by atoms with E-state index in [1.807, 2.05) is 17.5 Å². The van der Waals surface area contributed by atoms with Crippen LogP contribution in [0.4, 0.5) is 5.13 Å². The lowest BCUT2D eigenvalue weighted by Crippen LogP contribution is -2.31. The van der Waals surface area contributed by atoms with E-state index < -0.39 is 0 Å². The molecule has 0 bridgehead atoms. The number of nitrogens with zero attached hydrogens (tertiary/aromatic N) is 2. The zero-order valence-corrected chi connectivity index (χ0v) is 18.4. The SMILES string of the molecule is COc1ccc(-c2csc(NC(=O)CCCN3C(=O)c4ccccc4C3=O)n2)cc1OC.